The van der Waals surface area contributed by atoms with E-state index in [-0.39, 0.29) is 12.5 Å². The summed E-state index contributed by atoms with van der Waals surface area (Å²) < 4.78 is 39.3. The van der Waals surface area contributed by atoms with Gasteiger partial charge in [0.25, 0.3) is 0 Å². The van der Waals surface area contributed by atoms with Crippen molar-refractivity contribution in [1.82, 2.24) is 15.1 Å². The number of alkyl halides is 3. The second-order valence-corrected chi connectivity index (χ2v) is 5.98. The Morgan fingerprint density at radius 3 is 2.59 bits per heavy atom. The quantitative estimate of drug-likeness (QED) is 0.832. The molecule has 0 radical (unpaired) electrons. The molecule has 0 spiro atoms. The minimum absolute atomic E-state index is 0.179. The standard InChI is InChI=1S/C18H17F3N4O2/c19-18(20,21)14-5-2-13(3-6-14)4-7-15(26)22-12-17(27)24-10-1-11-25-16(24)8-9-23-25/h2-9H,1,10-12H2,(H,22,26)/b7-4+. The average Bonchev–Trinajstić information content (AvgIpc) is 3.12. The molecule has 9 heteroatoms. The van der Waals surface area contributed by atoms with E-state index in [1.165, 1.54) is 24.3 Å². The highest BCUT2D eigenvalue weighted by atomic mass is 19.4. The van der Waals surface area contributed by atoms with Crippen LogP contribution in [0, 0.1) is 0 Å². The molecule has 0 atom stereocenters. The maximum Gasteiger partial charge on any atom is 0.416 e. The molecule has 1 aromatic heterocycles. The Morgan fingerprint density at radius 2 is 1.89 bits per heavy atom. The first kappa shape index (κ1) is 18.7. The second-order valence-electron chi connectivity index (χ2n) is 5.98. The Hall–Kier alpha value is -3.10. The van der Waals surface area contributed by atoms with Gasteiger partial charge in [0.05, 0.1) is 18.3 Å². The first-order chi connectivity index (χ1) is 12.8. The summed E-state index contributed by atoms with van der Waals surface area (Å²) in [7, 11) is 0. The molecule has 2 aromatic rings. The van der Waals surface area contributed by atoms with E-state index in [2.05, 4.69) is 10.4 Å². The van der Waals surface area contributed by atoms with Gasteiger partial charge in [-0.1, -0.05) is 12.1 Å². The smallest absolute Gasteiger partial charge is 0.343 e. The Morgan fingerprint density at radius 1 is 1.15 bits per heavy atom. The molecule has 2 amide bonds. The molecule has 0 bridgehead atoms. The van der Waals surface area contributed by atoms with Crippen molar-refractivity contribution in [3.05, 3.63) is 53.7 Å². The molecule has 1 aliphatic heterocycles. The number of nitrogens with one attached hydrogen (secondary N) is 1. The van der Waals surface area contributed by atoms with Gasteiger partial charge in [-0.15, -0.1) is 0 Å². The van der Waals surface area contributed by atoms with E-state index in [4.69, 9.17) is 0 Å². The summed E-state index contributed by atoms with van der Waals surface area (Å²) >= 11 is 0. The number of anilines is 1. The van der Waals surface area contributed by atoms with Crippen LogP contribution in [0.2, 0.25) is 0 Å². The van der Waals surface area contributed by atoms with E-state index in [1.54, 1.807) is 21.8 Å². The number of carbonyl (C=O) groups excluding carboxylic acids is 2. The zero-order valence-corrected chi connectivity index (χ0v) is 14.2. The summed E-state index contributed by atoms with van der Waals surface area (Å²) in [6.45, 7) is 1.12. The monoisotopic (exact) mass is 378 g/mol. The molecule has 0 saturated heterocycles. The maximum atomic E-state index is 12.5. The summed E-state index contributed by atoms with van der Waals surface area (Å²) in [4.78, 5) is 25.7. The molecule has 3 rings (SSSR count). The number of fused-ring (bicyclic) bond motifs is 1. The lowest BCUT2D eigenvalue weighted by Crippen LogP contribution is -2.43. The fraction of sp³-hybridized carbons (Fsp3) is 0.278. The molecule has 0 aliphatic carbocycles. The Labute approximate surface area is 153 Å². The number of halogens is 3. The topological polar surface area (TPSA) is 67.2 Å². The maximum absolute atomic E-state index is 12.5. The second kappa shape index (κ2) is 7.65. The van der Waals surface area contributed by atoms with E-state index in [1.807, 2.05) is 0 Å². The average molecular weight is 378 g/mol. The molecular formula is C18H17F3N4O2. The number of rotatable bonds is 4. The molecule has 0 fully saturated rings. The van der Waals surface area contributed by atoms with Crippen LogP contribution in [0.25, 0.3) is 6.08 Å². The molecule has 0 saturated carbocycles. The third-order valence-electron chi connectivity index (χ3n) is 4.10. The van der Waals surface area contributed by atoms with E-state index in [9.17, 15) is 22.8 Å². The fourth-order valence-electron chi connectivity index (χ4n) is 2.75. The number of hydrogen-bond acceptors (Lipinski definition) is 3. The van der Waals surface area contributed by atoms with Gasteiger partial charge in [-0.3, -0.25) is 14.5 Å². The molecule has 1 aliphatic rings. The number of carbonyl (C=O) groups is 2. The number of nitrogens with zero attached hydrogens (tertiary/aromatic N) is 3. The summed E-state index contributed by atoms with van der Waals surface area (Å²) in [5.74, 6) is -0.0673. The minimum Gasteiger partial charge on any atom is -0.343 e. The van der Waals surface area contributed by atoms with Gasteiger partial charge in [-0.2, -0.15) is 18.3 Å². The van der Waals surface area contributed by atoms with Crippen molar-refractivity contribution in [1.29, 1.82) is 0 Å². The fourth-order valence-corrected chi connectivity index (χ4v) is 2.75. The number of aromatic nitrogens is 2. The molecule has 142 valence electrons. The van der Waals surface area contributed by atoms with Gasteiger partial charge in [0.2, 0.25) is 11.8 Å². The largest absolute Gasteiger partial charge is 0.416 e. The van der Waals surface area contributed by atoms with Crippen molar-refractivity contribution in [3.8, 4) is 0 Å². The van der Waals surface area contributed by atoms with Crippen LogP contribution in [-0.4, -0.2) is 34.7 Å². The SMILES string of the molecule is O=C(/C=C/c1ccc(C(F)(F)F)cc1)NCC(=O)N1CCCn2nccc21. The number of amides is 2. The van der Waals surface area contributed by atoms with Gasteiger partial charge in [0.15, 0.2) is 0 Å². The molecule has 6 nitrogen and oxygen atoms in total. The van der Waals surface area contributed by atoms with Crippen LogP contribution in [-0.2, 0) is 22.3 Å². The first-order valence-corrected chi connectivity index (χ1v) is 8.30. The predicted octanol–water partition coefficient (Wildman–Crippen LogP) is 2.47. The molecule has 27 heavy (non-hydrogen) atoms. The minimum atomic E-state index is -4.40. The van der Waals surface area contributed by atoms with Gasteiger partial charge < -0.3 is 5.32 Å². The molecular weight excluding hydrogens is 361 g/mol. The third-order valence-corrected chi connectivity index (χ3v) is 4.10. The van der Waals surface area contributed by atoms with E-state index in [0.29, 0.717) is 17.9 Å². The van der Waals surface area contributed by atoms with Gasteiger partial charge >= 0.3 is 6.18 Å². The van der Waals surface area contributed by atoms with E-state index < -0.39 is 17.6 Å². The summed E-state index contributed by atoms with van der Waals surface area (Å²) in [6, 6.07) is 6.17. The van der Waals surface area contributed by atoms with Crippen LogP contribution in [0.3, 0.4) is 0 Å². The summed E-state index contributed by atoms with van der Waals surface area (Å²) in [5, 5.41) is 6.60. The van der Waals surface area contributed by atoms with Crippen molar-refractivity contribution in [2.75, 3.05) is 18.0 Å². The number of hydrogen-bond donors (Lipinski definition) is 1. The Bertz CT molecular complexity index is 856. The lowest BCUT2D eigenvalue weighted by atomic mass is 10.1. The lowest BCUT2D eigenvalue weighted by molar-refractivity contribution is -0.137. The Kier molecular flexibility index (Phi) is 5.29. The normalized spacial score (nSPS) is 14.3. The predicted molar refractivity (Wildman–Crippen MR) is 92.7 cm³/mol. The van der Waals surface area contributed by atoms with Crippen LogP contribution in [0.4, 0.5) is 19.0 Å². The number of benzene rings is 1. The van der Waals surface area contributed by atoms with Crippen LogP contribution in [0.1, 0.15) is 17.5 Å². The zero-order chi connectivity index (χ0) is 19.4. The van der Waals surface area contributed by atoms with Crippen molar-refractivity contribution < 1.29 is 22.8 Å². The van der Waals surface area contributed by atoms with E-state index in [0.717, 1.165) is 25.1 Å². The van der Waals surface area contributed by atoms with Crippen molar-refractivity contribution >= 4 is 23.7 Å². The van der Waals surface area contributed by atoms with Crippen molar-refractivity contribution in [2.24, 2.45) is 0 Å². The van der Waals surface area contributed by atoms with Crippen LogP contribution in [0.5, 0.6) is 0 Å². The summed E-state index contributed by atoms with van der Waals surface area (Å²) in [5.41, 5.74) is -0.306. The zero-order valence-electron chi connectivity index (χ0n) is 14.2. The van der Waals surface area contributed by atoms with Crippen LogP contribution >= 0.6 is 0 Å². The van der Waals surface area contributed by atoms with Crippen molar-refractivity contribution in [3.63, 3.8) is 0 Å². The highest BCUT2D eigenvalue weighted by Gasteiger charge is 2.29. The molecule has 0 unspecified atom stereocenters. The van der Waals surface area contributed by atoms with Gasteiger partial charge in [0, 0.05) is 25.2 Å². The molecule has 1 N–H and O–H groups in total. The van der Waals surface area contributed by atoms with Crippen LogP contribution < -0.4 is 10.2 Å². The third kappa shape index (κ3) is 4.55. The highest BCUT2D eigenvalue weighted by molar-refractivity contribution is 5.99. The van der Waals surface area contributed by atoms with Gasteiger partial charge in [-0.25, -0.2) is 4.68 Å². The van der Waals surface area contributed by atoms with E-state index >= 15 is 0 Å². The van der Waals surface area contributed by atoms with Gasteiger partial charge in [0.1, 0.15) is 5.82 Å². The van der Waals surface area contributed by atoms with Gasteiger partial charge in [-0.05, 0) is 30.2 Å². The highest BCUT2D eigenvalue weighted by Crippen LogP contribution is 2.29. The molecule has 2 heterocycles. The lowest BCUT2D eigenvalue weighted by Gasteiger charge is -2.27. The number of aryl methyl sites for hydroxylation is 1. The van der Waals surface area contributed by atoms with Crippen molar-refractivity contribution in [2.45, 2.75) is 19.1 Å². The Balaban J connectivity index is 1.53. The molecule has 1 aromatic carbocycles. The first-order valence-electron chi connectivity index (χ1n) is 8.30. The summed E-state index contributed by atoms with van der Waals surface area (Å²) in [6.07, 6.45) is 0.560. The van der Waals surface area contributed by atoms with Crippen LogP contribution in [0.15, 0.2) is 42.6 Å².